The van der Waals surface area contributed by atoms with E-state index in [1.54, 1.807) is 0 Å². The van der Waals surface area contributed by atoms with Gasteiger partial charge in [-0.15, -0.1) is 0 Å². The predicted octanol–water partition coefficient (Wildman–Crippen LogP) is 4.94. The molecular formula is C25H32N2O2. The Bertz CT molecular complexity index is 880. The van der Waals surface area contributed by atoms with Crippen molar-refractivity contribution in [2.75, 3.05) is 18.0 Å². The fraction of sp³-hybridized carbons (Fsp3) is 0.480. The van der Waals surface area contributed by atoms with E-state index in [0.717, 1.165) is 43.7 Å². The summed E-state index contributed by atoms with van der Waals surface area (Å²) in [7, 11) is 0. The minimum absolute atomic E-state index is 0.0104. The number of amides is 1. The first kappa shape index (κ1) is 19.8. The number of hydrogen-bond donors (Lipinski definition) is 1. The lowest BCUT2D eigenvalue weighted by Crippen LogP contribution is -2.45. The van der Waals surface area contributed by atoms with Gasteiger partial charge in [-0.2, -0.15) is 0 Å². The van der Waals surface area contributed by atoms with Gasteiger partial charge in [0.25, 0.3) is 0 Å². The van der Waals surface area contributed by atoms with Crippen molar-refractivity contribution in [2.45, 2.75) is 58.6 Å². The third-order valence-electron chi connectivity index (χ3n) is 6.20. The predicted molar refractivity (Wildman–Crippen MR) is 118 cm³/mol. The molecule has 0 bridgehead atoms. The summed E-state index contributed by atoms with van der Waals surface area (Å²) in [4.78, 5) is 15.5. The summed E-state index contributed by atoms with van der Waals surface area (Å²) in [5.74, 6) is 1.16. The second-order valence-corrected chi connectivity index (χ2v) is 9.27. The molecule has 0 aromatic heterocycles. The Hall–Kier alpha value is -2.49. The molecule has 1 fully saturated rings. The molecule has 29 heavy (non-hydrogen) atoms. The molecule has 2 aliphatic heterocycles. The summed E-state index contributed by atoms with van der Waals surface area (Å²) in [5.41, 5.74) is 4.55. The minimum atomic E-state index is -0.283. The zero-order valence-corrected chi connectivity index (χ0v) is 18.0. The molecule has 2 aliphatic rings. The fourth-order valence-electron chi connectivity index (χ4n) is 4.55. The van der Waals surface area contributed by atoms with Crippen LogP contribution in [-0.2, 0) is 4.79 Å². The van der Waals surface area contributed by atoms with Crippen molar-refractivity contribution in [3.05, 3.63) is 59.2 Å². The van der Waals surface area contributed by atoms with Gasteiger partial charge in [0.05, 0.1) is 6.04 Å². The molecule has 0 radical (unpaired) electrons. The van der Waals surface area contributed by atoms with Gasteiger partial charge in [-0.05, 0) is 58.7 Å². The van der Waals surface area contributed by atoms with Gasteiger partial charge in [-0.1, -0.05) is 35.4 Å². The van der Waals surface area contributed by atoms with E-state index in [9.17, 15) is 4.79 Å². The third-order valence-corrected chi connectivity index (χ3v) is 6.20. The number of piperidine rings is 1. The van der Waals surface area contributed by atoms with E-state index in [1.165, 1.54) is 16.8 Å². The zero-order chi connectivity index (χ0) is 20.6. The van der Waals surface area contributed by atoms with Crippen LogP contribution in [0.25, 0.3) is 0 Å². The first-order valence-corrected chi connectivity index (χ1v) is 10.7. The molecule has 154 valence electrons. The van der Waals surface area contributed by atoms with Crippen LogP contribution < -0.4 is 15.0 Å². The minimum Gasteiger partial charge on any atom is -0.487 e. The van der Waals surface area contributed by atoms with Gasteiger partial charge < -0.3 is 15.0 Å². The smallest absolute Gasteiger partial charge is 0.223 e. The molecule has 1 atom stereocenters. The van der Waals surface area contributed by atoms with Crippen LogP contribution in [0.15, 0.2) is 42.5 Å². The van der Waals surface area contributed by atoms with Crippen LogP contribution in [0.3, 0.4) is 0 Å². The maximum Gasteiger partial charge on any atom is 0.223 e. The second kappa shape index (κ2) is 7.74. The van der Waals surface area contributed by atoms with Crippen LogP contribution in [0, 0.1) is 19.8 Å². The second-order valence-electron chi connectivity index (χ2n) is 9.27. The van der Waals surface area contributed by atoms with Crippen LogP contribution in [0.5, 0.6) is 5.75 Å². The van der Waals surface area contributed by atoms with Crippen molar-refractivity contribution in [1.29, 1.82) is 0 Å². The molecule has 4 heteroatoms. The molecule has 0 saturated carbocycles. The molecule has 4 rings (SSSR count). The molecule has 2 heterocycles. The van der Waals surface area contributed by atoms with Gasteiger partial charge in [0, 0.05) is 36.7 Å². The molecule has 4 nitrogen and oxygen atoms in total. The van der Waals surface area contributed by atoms with Crippen molar-refractivity contribution < 1.29 is 9.53 Å². The standard InChI is InChI=1S/C25H32N2O2/c1-17-5-8-20(9-6-17)27-13-11-19(12-14-27)24(28)26-22-16-25(3,4)29-23-10-7-18(2)15-21(22)23/h5-10,15,19,22H,11-14,16H2,1-4H3,(H,26,28)/t22-/m0/s1. The number of rotatable bonds is 3. The van der Waals surface area contributed by atoms with Crippen molar-refractivity contribution in [3.8, 4) is 5.75 Å². The third kappa shape index (κ3) is 4.42. The van der Waals surface area contributed by atoms with Crippen LogP contribution in [0.1, 0.15) is 55.8 Å². The monoisotopic (exact) mass is 392 g/mol. The van der Waals surface area contributed by atoms with Gasteiger partial charge in [0.2, 0.25) is 5.91 Å². The SMILES string of the molecule is Cc1ccc(N2CCC(C(=O)N[C@H]3CC(C)(C)Oc4ccc(C)cc43)CC2)cc1. The summed E-state index contributed by atoms with van der Waals surface area (Å²) in [5, 5.41) is 3.35. The highest BCUT2D eigenvalue weighted by molar-refractivity contribution is 5.79. The molecule has 0 unspecified atom stereocenters. The number of ether oxygens (including phenoxy) is 1. The van der Waals surface area contributed by atoms with Gasteiger partial charge in [0.1, 0.15) is 11.4 Å². The Kier molecular flexibility index (Phi) is 5.28. The highest BCUT2D eigenvalue weighted by Crippen LogP contribution is 2.40. The van der Waals surface area contributed by atoms with Gasteiger partial charge >= 0.3 is 0 Å². The lowest BCUT2D eigenvalue weighted by molar-refractivity contribution is -0.126. The molecule has 0 spiro atoms. The molecule has 0 aliphatic carbocycles. The zero-order valence-electron chi connectivity index (χ0n) is 18.0. The molecule has 1 N–H and O–H groups in total. The highest BCUT2D eigenvalue weighted by atomic mass is 16.5. The van der Waals surface area contributed by atoms with E-state index >= 15 is 0 Å². The van der Waals surface area contributed by atoms with Crippen LogP contribution in [0.4, 0.5) is 5.69 Å². The summed E-state index contributed by atoms with van der Waals surface area (Å²) >= 11 is 0. The maximum atomic E-state index is 13.1. The lowest BCUT2D eigenvalue weighted by atomic mass is 9.88. The summed E-state index contributed by atoms with van der Waals surface area (Å²) in [6.07, 6.45) is 2.58. The number of benzene rings is 2. The number of aryl methyl sites for hydroxylation is 2. The van der Waals surface area contributed by atoms with Gasteiger partial charge in [-0.3, -0.25) is 4.79 Å². The largest absolute Gasteiger partial charge is 0.487 e. The Balaban J connectivity index is 1.41. The number of fused-ring (bicyclic) bond motifs is 1. The average molecular weight is 393 g/mol. The molecular weight excluding hydrogens is 360 g/mol. The van der Waals surface area contributed by atoms with E-state index in [1.807, 2.05) is 6.07 Å². The normalized spacial score (nSPS) is 21.2. The van der Waals surface area contributed by atoms with E-state index in [4.69, 9.17) is 4.74 Å². The molecule has 1 amide bonds. The fourth-order valence-corrected chi connectivity index (χ4v) is 4.55. The molecule has 2 aromatic carbocycles. The molecule has 2 aromatic rings. The van der Waals surface area contributed by atoms with E-state index in [2.05, 4.69) is 74.3 Å². The van der Waals surface area contributed by atoms with Crippen LogP contribution in [0.2, 0.25) is 0 Å². The van der Waals surface area contributed by atoms with E-state index in [-0.39, 0.29) is 23.5 Å². The van der Waals surface area contributed by atoms with E-state index < -0.39 is 0 Å². The van der Waals surface area contributed by atoms with Crippen molar-refractivity contribution in [3.63, 3.8) is 0 Å². The number of nitrogens with one attached hydrogen (secondary N) is 1. The number of hydrogen-bond acceptors (Lipinski definition) is 3. The van der Waals surface area contributed by atoms with Crippen LogP contribution in [-0.4, -0.2) is 24.6 Å². The van der Waals surface area contributed by atoms with Crippen molar-refractivity contribution in [2.24, 2.45) is 5.92 Å². The van der Waals surface area contributed by atoms with E-state index in [0.29, 0.717) is 0 Å². The van der Waals surface area contributed by atoms with Crippen molar-refractivity contribution >= 4 is 11.6 Å². The lowest BCUT2D eigenvalue weighted by Gasteiger charge is -2.39. The summed E-state index contributed by atoms with van der Waals surface area (Å²) < 4.78 is 6.15. The summed E-state index contributed by atoms with van der Waals surface area (Å²) in [6, 6.07) is 14.9. The number of anilines is 1. The average Bonchev–Trinajstić information content (AvgIpc) is 2.69. The Labute approximate surface area is 174 Å². The van der Waals surface area contributed by atoms with Crippen molar-refractivity contribution in [1.82, 2.24) is 5.32 Å². The summed E-state index contributed by atoms with van der Waals surface area (Å²) in [6.45, 7) is 10.2. The number of nitrogens with zero attached hydrogens (tertiary/aromatic N) is 1. The quantitative estimate of drug-likeness (QED) is 0.804. The topological polar surface area (TPSA) is 41.6 Å². The van der Waals surface area contributed by atoms with Crippen LogP contribution >= 0.6 is 0 Å². The van der Waals surface area contributed by atoms with Gasteiger partial charge in [0.15, 0.2) is 0 Å². The van der Waals surface area contributed by atoms with Gasteiger partial charge in [-0.25, -0.2) is 0 Å². The highest BCUT2D eigenvalue weighted by Gasteiger charge is 2.36. The first-order valence-electron chi connectivity index (χ1n) is 10.7. The Morgan fingerprint density at radius 1 is 1.03 bits per heavy atom. The number of carbonyl (C=O) groups excluding carboxylic acids is 1. The number of carbonyl (C=O) groups is 1. The maximum absolute atomic E-state index is 13.1. The molecule has 1 saturated heterocycles. The first-order chi connectivity index (χ1) is 13.8. The Morgan fingerprint density at radius 3 is 2.38 bits per heavy atom. The Morgan fingerprint density at radius 2 is 1.69 bits per heavy atom.